The highest BCUT2D eigenvalue weighted by molar-refractivity contribution is 5.60. The van der Waals surface area contributed by atoms with Crippen LogP contribution in [0.15, 0.2) is 42.6 Å². The Morgan fingerprint density at radius 2 is 2.05 bits per heavy atom. The van der Waals surface area contributed by atoms with Crippen LogP contribution in [0.1, 0.15) is 31.9 Å². The lowest BCUT2D eigenvalue weighted by atomic mass is 10.1. The van der Waals surface area contributed by atoms with Gasteiger partial charge in [0.2, 0.25) is 0 Å². The van der Waals surface area contributed by atoms with Crippen LogP contribution in [0.4, 0.5) is 15.9 Å². The molecule has 112 valence electrons. The Labute approximate surface area is 125 Å². The van der Waals surface area contributed by atoms with Crippen molar-refractivity contribution >= 4 is 11.5 Å². The highest BCUT2D eigenvalue weighted by Crippen LogP contribution is 2.26. The quantitative estimate of drug-likeness (QED) is 0.868. The normalized spacial score (nSPS) is 12.2. The third-order valence-electron chi connectivity index (χ3n) is 3.53. The summed E-state index contributed by atoms with van der Waals surface area (Å²) in [6.45, 7) is 5.24. The van der Waals surface area contributed by atoms with Crippen LogP contribution in [0, 0.1) is 5.82 Å². The molecule has 1 aromatic carbocycles. The maximum atomic E-state index is 13.9. The maximum Gasteiger partial charge on any atom is 0.146 e. The van der Waals surface area contributed by atoms with Gasteiger partial charge in [-0.05, 0) is 49.7 Å². The summed E-state index contributed by atoms with van der Waals surface area (Å²) in [6, 6.07) is 11.0. The molecule has 0 radical (unpaired) electrons. The summed E-state index contributed by atoms with van der Waals surface area (Å²) >= 11 is 0. The Morgan fingerprint density at radius 1 is 1.29 bits per heavy atom. The van der Waals surface area contributed by atoms with Gasteiger partial charge < -0.3 is 10.2 Å². The average molecular weight is 287 g/mol. The minimum absolute atomic E-state index is 0.246. The summed E-state index contributed by atoms with van der Waals surface area (Å²) in [5, 5.41) is 3.45. The van der Waals surface area contributed by atoms with Crippen molar-refractivity contribution in [1.29, 1.82) is 0 Å². The van der Waals surface area contributed by atoms with Crippen molar-refractivity contribution in [2.24, 2.45) is 0 Å². The van der Waals surface area contributed by atoms with Crippen molar-refractivity contribution < 1.29 is 4.39 Å². The molecule has 1 N–H and O–H groups in total. The van der Waals surface area contributed by atoms with E-state index in [0.29, 0.717) is 5.69 Å². The Morgan fingerprint density at radius 3 is 2.76 bits per heavy atom. The topological polar surface area (TPSA) is 28.2 Å². The van der Waals surface area contributed by atoms with Crippen molar-refractivity contribution in [3.63, 3.8) is 0 Å². The molecule has 1 heterocycles. The Bertz CT molecular complexity index is 586. The van der Waals surface area contributed by atoms with Crippen molar-refractivity contribution in [3.8, 4) is 0 Å². The second-order valence-electron chi connectivity index (χ2n) is 5.13. The molecule has 0 fully saturated rings. The first-order valence-electron chi connectivity index (χ1n) is 7.31. The summed E-state index contributed by atoms with van der Waals surface area (Å²) in [5.74, 6) is 0.493. The lowest BCUT2D eigenvalue weighted by molar-refractivity contribution is 0.570. The molecule has 3 nitrogen and oxygen atoms in total. The van der Waals surface area contributed by atoms with Crippen LogP contribution in [0.5, 0.6) is 0 Å². The molecule has 1 atom stereocenters. The predicted molar refractivity (Wildman–Crippen MR) is 85.4 cm³/mol. The minimum Gasteiger partial charge on any atom is -0.327 e. The van der Waals surface area contributed by atoms with Crippen molar-refractivity contribution in [3.05, 3.63) is 54.0 Å². The van der Waals surface area contributed by atoms with E-state index in [2.05, 4.69) is 24.1 Å². The smallest absolute Gasteiger partial charge is 0.146 e. The highest BCUT2D eigenvalue weighted by Gasteiger charge is 2.12. The maximum absolute atomic E-state index is 13.9. The zero-order valence-corrected chi connectivity index (χ0v) is 12.8. The molecule has 0 spiro atoms. The fourth-order valence-corrected chi connectivity index (χ4v) is 2.21. The van der Waals surface area contributed by atoms with Crippen LogP contribution in [0.3, 0.4) is 0 Å². The molecule has 0 saturated carbocycles. The lowest BCUT2D eigenvalue weighted by Gasteiger charge is -2.21. The Hall–Kier alpha value is -1.94. The first kappa shape index (κ1) is 15.4. The van der Waals surface area contributed by atoms with Gasteiger partial charge in [0.15, 0.2) is 0 Å². The van der Waals surface area contributed by atoms with Crippen LogP contribution in [-0.4, -0.2) is 18.6 Å². The monoisotopic (exact) mass is 287 g/mol. The molecular formula is C17H22FN3. The molecule has 21 heavy (non-hydrogen) atoms. The lowest BCUT2D eigenvalue weighted by Crippen LogP contribution is -2.20. The number of pyridine rings is 1. The number of hydrogen-bond donors (Lipinski definition) is 1. The Balaban J connectivity index is 2.23. The summed E-state index contributed by atoms with van der Waals surface area (Å²) < 4.78 is 13.9. The number of hydrogen-bond acceptors (Lipinski definition) is 3. The summed E-state index contributed by atoms with van der Waals surface area (Å²) in [6.07, 6.45) is 2.86. The summed E-state index contributed by atoms with van der Waals surface area (Å²) in [5.41, 5.74) is 1.67. The van der Waals surface area contributed by atoms with Crippen LogP contribution < -0.4 is 10.2 Å². The number of aromatic nitrogens is 1. The van der Waals surface area contributed by atoms with Crippen molar-refractivity contribution in [2.45, 2.75) is 26.3 Å². The molecule has 1 aromatic heterocycles. The van der Waals surface area contributed by atoms with Gasteiger partial charge in [0.05, 0.1) is 5.69 Å². The molecule has 1 unspecified atom stereocenters. The molecule has 0 saturated heterocycles. The SMILES string of the molecule is CCCNC(C)c1ccnc(N(C)c2ccccc2F)c1. The van der Waals surface area contributed by atoms with Gasteiger partial charge in [0, 0.05) is 19.3 Å². The molecular weight excluding hydrogens is 265 g/mol. The van der Waals surface area contributed by atoms with Crippen molar-refractivity contribution in [2.75, 3.05) is 18.5 Å². The Kier molecular flexibility index (Phi) is 5.28. The average Bonchev–Trinajstić information content (AvgIpc) is 2.52. The van der Waals surface area contributed by atoms with E-state index in [1.807, 2.05) is 25.2 Å². The van der Waals surface area contributed by atoms with Gasteiger partial charge in [-0.3, -0.25) is 0 Å². The number of rotatable bonds is 6. The second-order valence-corrected chi connectivity index (χ2v) is 5.13. The van der Waals surface area contributed by atoms with Gasteiger partial charge in [0.25, 0.3) is 0 Å². The first-order chi connectivity index (χ1) is 10.1. The highest BCUT2D eigenvalue weighted by atomic mass is 19.1. The number of benzene rings is 1. The fourth-order valence-electron chi connectivity index (χ4n) is 2.21. The molecule has 0 amide bonds. The van der Waals surface area contributed by atoms with E-state index in [1.54, 1.807) is 23.2 Å². The van der Waals surface area contributed by atoms with E-state index >= 15 is 0 Å². The summed E-state index contributed by atoms with van der Waals surface area (Å²) in [4.78, 5) is 6.12. The van der Waals surface area contributed by atoms with E-state index in [-0.39, 0.29) is 11.9 Å². The van der Waals surface area contributed by atoms with E-state index in [4.69, 9.17) is 0 Å². The molecule has 0 bridgehead atoms. The summed E-state index contributed by atoms with van der Waals surface area (Å²) in [7, 11) is 1.83. The fraction of sp³-hybridized carbons (Fsp3) is 0.353. The molecule has 0 aliphatic heterocycles. The van der Waals surface area contributed by atoms with E-state index in [1.165, 1.54) is 6.07 Å². The first-order valence-corrected chi connectivity index (χ1v) is 7.31. The third kappa shape index (κ3) is 3.79. The number of anilines is 2. The van der Waals surface area contributed by atoms with E-state index in [0.717, 1.165) is 24.3 Å². The van der Waals surface area contributed by atoms with Crippen LogP contribution in [0.25, 0.3) is 0 Å². The molecule has 2 rings (SSSR count). The molecule has 2 aromatic rings. The zero-order valence-electron chi connectivity index (χ0n) is 12.8. The van der Waals surface area contributed by atoms with Crippen molar-refractivity contribution in [1.82, 2.24) is 10.3 Å². The number of nitrogens with zero attached hydrogens (tertiary/aromatic N) is 2. The minimum atomic E-state index is -0.246. The van der Waals surface area contributed by atoms with Gasteiger partial charge in [-0.1, -0.05) is 19.1 Å². The van der Waals surface area contributed by atoms with Gasteiger partial charge in [-0.25, -0.2) is 9.37 Å². The van der Waals surface area contributed by atoms with Gasteiger partial charge in [-0.2, -0.15) is 0 Å². The molecule has 4 heteroatoms. The third-order valence-corrected chi connectivity index (χ3v) is 3.53. The molecule has 0 aliphatic rings. The number of halogens is 1. The van der Waals surface area contributed by atoms with E-state index < -0.39 is 0 Å². The van der Waals surface area contributed by atoms with Crippen LogP contribution in [0.2, 0.25) is 0 Å². The number of nitrogens with one attached hydrogen (secondary N) is 1. The van der Waals surface area contributed by atoms with Crippen LogP contribution in [-0.2, 0) is 0 Å². The largest absolute Gasteiger partial charge is 0.327 e. The van der Waals surface area contributed by atoms with Gasteiger partial charge in [0.1, 0.15) is 11.6 Å². The van der Waals surface area contributed by atoms with Gasteiger partial charge in [-0.15, -0.1) is 0 Å². The predicted octanol–water partition coefficient (Wildman–Crippen LogP) is 4.05. The number of para-hydroxylation sites is 1. The van der Waals surface area contributed by atoms with E-state index in [9.17, 15) is 4.39 Å². The molecule has 0 aliphatic carbocycles. The zero-order chi connectivity index (χ0) is 15.2. The second kappa shape index (κ2) is 7.18. The van der Waals surface area contributed by atoms with Crippen LogP contribution >= 0.6 is 0 Å². The standard InChI is InChI=1S/C17H22FN3/c1-4-10-19-13(2)14-9-11-20-17(12-14)21(3)16-8-6-5-7-15(16)18/h5-9,11-13,19H,4,10H2,1-3H3. The van der Waals surface area contributed by atoms with Gasteiger partial charge >= 0.3 is 0 Å².